The Hall–Kier alpha value is -1.40. The van der Waals surface area contributed by atoms with Crippen LogP contribution < -0.4 is 16.4 Å². The number of hydrogen-bond acceptors (Lipinski definition) is 5. The summed E-state index contributed by atoms with van der Waals surface area (Å²) < 4.78 is 0. The third-order valence-electron chi connectivity index (χ3n) is 2.96. The highest BCUT2D eigenvalue weighted by atomic mass is 32.2. The van der Waals surface area contributed by atoms with Crippen LogP contribution in [0.4, 0.5) is 11.4 Å². The monoisotopic (exact) mass is 283 g/mol. The van der Waals surface area contributed by atoms with E-state index in [4.69, 9.17) is 5.73 Å². The van der Waals surface area contributed by atoms with Gasteiger partial charge in [0.05, 0.1) is 18.0 Å². The summed E-state index contributed by atoms with van der Waals surface area (Å²) in [7, 11) is 1.58. The molecule has 0 saturated heterocycles. The molecule has 2 atom stereocenters. The number of aliphatic hydroxyl groups excluding tert-OH is 1. The summed E-state index contributed by atoms with van der Waals surface area (Å²) >= 11 is 1.60. The summed E-state index contributed by atoms with van der Waals surface area (Å²) in [5, 5.41) is 15.2. The van der Waals surface area contributed by atoms with E-state index >= 15 is 0 Å². The highest BCUT2D eigenvalue weighted by Crippen LogP contribution is 2.23. The number of nitrogen functional groups attached to an aromatic ring is 1. The molecule has 1 rings (SSSR count). The zero-order chi connectivity index (χ0) is 14.4. The van der Waals surface area contributed by atoms with Crippen molar-refractivity contribution in [2.24, 2.45) is 0 Å². The molecule has 6 heteroatoms. The minimum absolute atomic E-state index is 0.0770. The summed E-state index contributed by atoms with van der Waals surface area (Å²) in [5.41, 5.74) is 7.75. The minimum Gasteiger partial charge on any atom is -0.397 e. The van der Waals surface area contributed by atoms with Crippen LogP contribution in [0.15, 0.2) is 18.2 Å². The second kappa shape index (κ2) is 7.25. The molecule has 0 heterocycles. The predicted octanol–water partition coefficient (Wildman–Crippen LogP) is 1.15. The van der Waals surface area contributed by atoms with Crippen molar-refractivity contribution in [3.05, 3.63) is 23.8 Å². The maximum atomic E-state index is 11.5. The summed E-state index contributed by atoms with van der Waals surface area (Å²) in [6, 6.07) is 5.22. The van der Waals surface area contributed by atoms with E-state index in [1.54, 1.807) is 37.0 Å². The van der Waals surface area contributed by atoms with Crippen LogP contribution in [0.1, 0.15) is 17.3 Å². The number of aliphatic hydroxyl groups is 1. The van der Waals surface area contributed by atoms with Crippen molar-refractivity contribution >= 4 is 29.0 Å². The van der Waals surface area contributed by atoms with Crippen LogP contribution in [0.3, 0.4) is 0 Å². The Morgan fingerprint density at radius 1 is 1.53 bits per heavy atom. The zero-order valence-electron chi connectivity index (χ0n) is 11.4. The van der Waals surface area contributed by atoms with E-state index in [-0.39, 0.29) is 23.8 Å². The standard InChI is InChI=1S/C13H21N3O2S/c1-8(12(7-17)19-3)16-11-5-4-9(6-10(11)14)13(18)15-2/h4-6,8,12,16-17H,7,14H2,1-3H3,(H,15,18). The van der Waals surface area contributed by atoms with Gasteiger partial charge in [0.25, 0.3) is 5.91 Å². The molecule has 5 N–H and O–H groups in total. The molecule has 106 valence electrons. The third kappa shape index (κ3) is 4.04. The Morgan fingerprint density at radius 2 is 2.21 bits per heavy atom. The van der Waals surface area contributed by atoms with E-state index in [1.165, 1.54) is 0 Å². The zero-order valence-corrected chi connectivity index (χ0v) is 12.3. The SMILES string of the molecule is CNC(=O)c1ccc(NC(C)C(CO)SC)c(N)c1. The van der Waals surface area contributed by atoms with Gasteiger partial charge in [-0.3, -0.25) is 4.79 Å². The molecule has 1 amide bonds. The molecule has 19 heavy (non-hydrogen) atoms. The normalized spacial score (nSPS) is 13.7. The highest BCUT2D eigenvalue weighted by molar-refractivity contribution is 7.99. The first-order valence-corrected chi connectivity index (χ1v) is 7.34. The van der Waals surface area contributed by atoms with Crippen molar-refractivity contribution in [1.29, 1.82) is 0 Å². The molecule has 5 nitrogen and oxygen atoms in total. The van der Waals surface area contributed by atoms with E-state index < -0.39 is 0 Å². The second-order valence-corrected chi connectivity index (χ2v) is 5.35. The van der Waals surface area contributed by atoms with Gasteiger partial charge in [0.15, 0.2) is 0 Å². The number of benzene rings is 1. The van der Waals surface area contributed by atoms with Crippen LogP contribution in [-0.4, -0.2) is 42.2 Å². The van der Waals surface area contributed by atoms with Gasteiger partial charge in [0, 0.05) is 23.9 Å². The quantitative estimate of drug-likeness (QED) is 0.588. The number of amides is 1. The van der Waals surface area contributed by atoms with Gasteiger partial charge in [-0.15, -0.1) is 0 Å². The predicted molar refractivity (Wildman–Crippen MR) is 81.7 cm³/mol. The third-order valence-corrected chi connectivity index (χ3v) is 4.13. The molecule has 1 aromatic rings. The lowest BCUT2D eigenvalue weighted by molar-refractivity contribution is 0.0963. The van der Waals surface area contributed by atoms with Crippen molar-refractivity contribution in [1.82, 2.24) is 5.32 Å². The van der Waals surface area contributed by atoms with Crippen LogP contribution in [-0.2, 0) is 0 Å². The van der Waals surface area contributed by atoms with Gasteiger partial charge in [0.2, 0.25) is 0 Å². The number of rotatable bonds is 6. The van der Waals surface area contributed by atoms with Crippen LogP contribution in [0, 0.1) is 0 Å². The molecule has 1 aromatic carbocycles. The molecule has 0 aromatic heterocycles. The molecule has 0 saturated carbocycles. The summed E-state index contributed by atoms with van der Waals surface area (Å²) in [6.45, 7) is 2.09. The molecular weight excluding hydrogens is 262 g/mol. The van der Waals surface area contributed by atoms with E-state index in [1.807, 2.05) is 13.2 Å². The van der Waals surface area contributed by atoms with Gasteiger partial charge < -0.3 is 21.5 Å². The fourth-order valence-corrected chi connectivity index (χ4v) is 2.38. The summed E-state index contributed by atoms with van der Waals surface area (Å²) in [5.74, 6) is -0.163. The van der Waals surface area contributed by atoms with Crippen LogP contribution in [0.25, 0.3) is 0 Å². The second-order valence-electron chi connectivity index (χ2n) is 4.27. The van der Waals surface area contributed by atoms with Crippen molar-refractivity contribution in [3.63, 3.8) is 0 Å². The van der Waals surface area contributed by atoms with Gasteiger partial charge >= 0.3 is 0 Å². The maximum absolute atomic E-state index is 11.5. The molecule has 0 aliphatic carbocycles. The van der Waals surface area contributed by atoms with Crippen molar-refractivity contribution < 1.29 is 9.90 Å². The number of carbonyl (C=O) groups is 1. The number of anilines is 2. The molecular formula is C13H21N3O2S. The van der Waals surface area contributed by atoms with Crippen LogP contribution in [0.5, 0.6) is 0 Å². The Kier molecular flexibility index (Phi) is 5.98. The van der Waals surface area contributed by atoms with Crippen molar-refractivity contribution in [2.75, 3.05) is 31.0 Å². The Balaban J connectivity index is 2.83. The van der Waals surface area contributed by atoms with Gasteiger partial charge in [-0.2, -0.15) is 11.8 Å². The van der Waals surface area contributed by atoms with E-state index in [2.05, 4.69) is 10.6 Å². The number of thioether (sulfide) groups is 1. The number of carbonyl (C=O) groups excluding carboxylic acids is 1. The molecule has 2 unspecified atom stereocenters. The fourth-order valence-electron chi connectivity index (χ4n) is 1.75. The smallest absolute Gasteiger partial charge is 0.251 e. The van der Waals surface area contributed by atoms with E-state index in [0.29, 0.717) is 11.3 Å². The molecule has 0 bridgehead atoms. The van der Waals surface area contributed by atoms with E-state index in [9.17, 15) is 9.90 Å². The van der Waals surface area contributed by atoms with Gasteiger partial charge in [-0.1, -0.05) is 0 Å². The largest absolute Gasteiger partial charge is 0.397 e. The fraction of sp³-hybridized carbons (Fsp3) is 0.462. The number of nitrogens with two attached hydrogens (primary N) is 1. The lowest BCUT2D eigenvalue weighted by Gasteiger charge is -2.23. The minimum atomic E-state index is -0.163. The lowest BCUT2D eigenvalue weighted by atomic mass is 10.1. The average molecular weight is 283 g/mol. The first kappa shape index (κ1) is 15.7. The number of nitrogens with one attached hydrogen (secondary N) is 2. The maximum Gasteiger partial charge on any atom is 0.251 e. The van der Waals surface area contributed by atoms with Gasteiger partial charge in [-0.05, 0) is 31.4 Å². The first-order chi connectivity index (χ1) is 9.03. The molecule has 0 spiro atoms. The lowest BCUT2D eigenvalue weighted by Crippen LogP contribution is -2.31. The summed E-state index contributed by atoms with van der Waals surface area (Å²) in [6.07, 6.45) is 1.96. The molecule has 0 radical (unpaired) electrons. The molecule has 0 aliphatic heterocycles. The van der Waals surface area contributed by atoms with Crippen LogP contribution in [0.2, 0.25) is 0 Å². The Bertz CT molecular complexity index is 436. The van der Waals surface area contributed by atoms with E-state index in [0.717, 1.165) is 5.69 Å². The Labute approximate surface area is 118 Å². The summed E-state index contributed by atoms with van der Waals surface area (Å²) in [4.78, 5) is 11.5. The van der Waals surface area contributed by atoms with Crippen molar-refractivity contribution in [2.45, 2.75) is 18.2 Å². The topological polar surface area (TPSA) is 87.4 Å². The Morgan fingerprint density at radius 3 is 2.68 bits per heavy atom. The van der Waals surface area contributed by atoms with Crippen LogP contribution >= 0.6 is 11.8 Å². The highest BCUT2D eigenvalue weighted by Gasteiger charge is 2.16. The first-order valence-electron chi connectivity index (χ1n) is 6.05. The molecule has 0 aliphatic rings. The van der Waals surface area contributed by atoms with Crippen molar-refractivity contribution in [3.8, 4) is 0 Å². The van der Waals surface area contributed by atoms with Gasteiger partial charge in [0.1, 0.15) is 0 Å². The number of hydrogen-bond donors (Lipinski definition) is 4. The van der Waals surface area contributed by atoms with Gasteiger partial charge in [-0.25, -0.2) is 0 Å². The molecule has 0 fully saturated rings. The average Bonchev–Trinajstić information content (AvgIpc) is 2.41.